The highest BCUT2D eigenvalue weighted by atomic mass is 16.3. The Morgan fingerprint density at radius 1 is 1.06 bits per heavy atom. The number of hydrogen-bond acceptors (Lipinski definition) is 3. The van der Waals surface area contributed by atoms with E-state index in [1.54, 1.807) is 0 Å². The summed E-state index contributed by atoms with van der Waals surface area (Å²) in [5, 5.41) is 9.07. The van der Waals surface area contributed by atoms with Gasteiger partial charge in [-0.15, -0.1) is 0 Å². The van der Waals surface area contributed by atoms with Crippen LogP contribution < -0.4 is 0 Å². The molecule has 0 saturated carbocycles. The zero-order valence-electron chi connectivity index (χ0n) is 10.6. The summed E-state index contributed by atoms with van der Waals surface area (Å²) in [6.07, 6.45) is 5.66. The minimum Gasteiger partial charge on any atom is -0.396 e. The van der Waals surface area contributed by atoms with E-state index in [1.807, 2.05) is 4.90 Å². The first-order chi connectivity index (χ1) is 8.29. The van der Waals surface area contributed by atoms with E-state index in [0.29, 0.717) is 25.0 Å². The summed E-state index contributed by atoms with van der Waals surface area (Å²) in [6.45, 7) is 4.71. The van der Waals surface area contributed by atoms with Crippen molar-refractivity contribution in [2.24, 2.45) is 5.92 Å². The van der Waals surface area contributed by atoms with Gasteiger partial charge < -0.3 is 10.0 Å². The molecule has 0 radical (unpaired) electrons. The highest BCUT2D eigenvalue weighted by Gasteiger charge is 2.23. The normalized spacial score (nSPS) is 23.9. The van der Waals surface area contributed by atoms with Crippen molar-refractivity contribution in [3.8, 4) is 0 Å². The zero-order chi connectivity index (χ0) is 12.1. The molecule has 2 fully saturated rings. The number of amides is 1. The summed E-state index contributed by atoms with van der Waals surface area (Å²) in [4.78, 5) is 16.3. The summed E-state index contributed by atoms with van der Waals surface area (Å²) >= 11 is 0. The molecule has 1 N–H and O–H groups in total. The highest BCUT2D eigenvalue weighted by Crippen LogP contribution is 2.16. The standard InChI is InChI=1S/C13H24N2O2/c16-11-12-4-8-14(9-5-12)10-13(17)15-6-2-1-3-7-15/h12,16H,1-11H2. The molecule has 4 heteroatoms. The summed E-state index contributed by atoms with van der Waals surface area (Å²) in [6, 6.07) is 0. The first kappa shape index (κ1) is 12.8. The quantitative estimate of drug-likeness (QED) is 0.790. The fourth-order valence-corrected chi connectivity index (χ4v) is 2.76. The van der Waals surface area contributed by atoms with Crippen molar-refractivity contribution in [2.75, 3.05) is 39.3 Å². The molecule has 4 nitrogen and oxygen atoms in total. The molecule has 0 aromatic rings. The van der Waals surface area contributed by atoms with Crippen molar-refractivity contribution in [3.05, 3.63) is 0 Å². The molecule has 0 spiro atoms. The average Bonchev–Trinajstić information content (AvgIpc) is 2.40. The molecule has 2 heterocycles. The maximum absolute atomic E-state index is 12.1. The number of carbonyl (C=O) groups is 1. The third kappa shape index (κ3) is 3.68. The molecule has 0 aromatic heterocycles. The summed E-state index contributed by atoms with van der Waals surface area (Å²) in [5.74, 6) is 0.753. The van der Waals surface area contributed by atoms with Gasteiger partial charge in [0.2, 0.25) is 5.91 Å². The lowest BCUT2D eigenvalue weighted by atomic mass is 9.98. The van der Waals surface area contributed by atoms with Crippen molar-refractivity contribution in [1.29, 1.82) is 0 Å². The van der Waals surface area contributed by atoms with Crippen LogP contribution >= 0.6 is 0 Å². The molecule has 17 heavy (non-hydrogen) atoms. The van der Waals surface area contributed by atoms with Crippen LogP contribution in [0.1, 0.15) is 32.1 Å². The lowest BCUT2D eigenvalue weighted by Gasteiger charge is -2.33. The maximum atomic E-state index is 12.1. The van der Waals surface area contributed by atoms with Crippen LogP contribution in [0.3, 0.4) is 0 Å². The molecular weight excluding hydrogens is 216 g/mol. The number of aliphatic hydroxyl groups excluding tert-OH is 1. The third-order valence-electron chi connectivity index (χ3n) is 4.03. The van der Waals surface area contributed by atoms with Crippen LogP contribution in [0.4, 0.5) is 0 Å². The minimum atomic E-state index is 0.298. The minimum absolute atomic E-state index is 0.298. The second-order valence-electron chi connectivity index (χ2n) is 5.34. The molecule has 2 saturated heterocycles. The Bertz CT molecular complexity index is 244. The number of carbonyl (C=O) groups excluding carboxylic acids is 1. The Kier molecular flexibility index (Phi) is 4.80. The van der Waals surface area contributed by atoms with Crippen LogP contribution in [0.25, 0.3) is 0 Å². The van der Waals surface area contributed by atoms with E-state index < -0.39 is 0 Å². The van der Waals surface area contributed by atoms with Gasteiger partial charge in [-0.05, 0) is 51.1 Å². The van der Waals surface area contributed by atoms with Crippen LogP contribution in [0.5, 0.6) is 0 Å². The number of piperidine rings is 2. The van der Waals surface area contributed by atoms with Gasteiger partial charge in [0.1, 0.15) is 0 Å². The number of likely N-dealkylation sites (tertiary alicyclic amines) is 2. The summed E-state index contributed by atoms with van der Waals surface area (Å²) in [7, 11) is 0. The van der Waals surface area contributed by atoms with E-state index in [-0.39, 0.29) is 0 Å². The molecule has 98 valence electrons. The largest absolute Gasteiger partial charge is 0.396 e. The van der Waals surface area contributed by atoms with E-state index in [0.717, 1.165) is 39.0 Å². The average molecular weight is 240 g/mol. The molecule has 0 unspecified atom stereocenters. The van der Waals surface area contributed by atoms with Gasteiger partial charge in [0.25, 0.3) is 0 Å². The molecular formula is C13H24N2O2. The van der Waals surface area contributed by atoms with Gasteiger partial charge >= 0.3 is 0 Å². The van der Waals surface area contributed by atoms with Crippen LogP contribution in [-0.2, 0) is 4.79 Å². The summed E-state index contributed by atoms with van der Waals surface area (Å²) in [5.41, 5.74) is 0. The van der Waals surface area contributed by atoms with E-state index in [1.165, 1.54) is 19.3 Å². The van der Waals surface area contributed by atoms with Crippen molar-refractivity contribution >= 4 is 5.91 Å². The Hall–Kier alpha value is -0.610. The lowest BCUT2D eigenvalue weighted by molar-refractivity contribution is -0.133. The molecule has 0 aliphatic carbocycles. The van der Waals surface area contributed by atoms with Crippen LogP contribution in [0.15, 0.2) is 0 Å². The molecule has 2 aliphatic rings. The number of nitrogens with zero attached hydrogens (tertiary/aromatic N) is 2. The lowest BCUT2D eigenvalue weighted by Crippen LogP contribution is -2.45. The van der Waals surface area contributed by atoms with Gasteiger partial charge in [0.05, 0.1) is 6.54 Å². The topological polar surface area (TPSA) is 43.8 Å². The maximum Gasteiger partial charge on any atom is 0.236 e. The van der Waals surface area contributed by atoms with Gasteiger partial charge in [-0.1, -0.05) is 0 Å². The number of hydrogen-bond donors (Lipinski definition) is 1. The molecule has 0 aromatic carbocycles. The fraction of sp³-hybridized carbons (Fsp3) is 0.923. The fourth-order valence-electron chi connectivity index (χ4n) is 2.76. The van der Waals surface area contributed by atoms with Gasteiger partial charge in [-0.25, -0.2) is 0 Å². The number of aliphatic hydroxyl groups is 1. The molecule has 1 amide bonds. The first-order valence-electron chi connectivity index (χ1n) is 6.90. The Morgan fingerprint density at radius 2 is 1.71 bits per heavy atom. The van der Waals surface area contributed by atoms with Crippen LogP contribution in [0.2, 0.25) is 0 Å². The predicted molar refractivity (Wildman–Crippen MR) is 66.7 cm³/mol. The van der Waals surface area contributed by atoms with Gasteiger partial charge in [0, 0.05) is 19.7 Å². The Balaban J connectivity index is 1.71. The van der Waals surface area contributed by atoms with Crippen LogP contribution in [0, 0.1) is 5.92 Å². The SMILES string of the molecule is O=C(CN1CCC(CO)CC1)N1CCCCC1. The van der Waals surface area contributed by atoms with Gasteiger partial charge in [-0.2, -0.15) is 0 Å². The highest BCUT2D eigenvalue weighted by molar-refractivity contribution is 5.78. The van der Waals surface area contributed by atoms with Crippen molar-refractivity contribution < 1.29 is 9.90 Å². The molecule has 2 rings (SSSR count). The molecule has 0 bridgehead atoms. The van der Waals surface area contributed by atoms with Crippen molar-refractivity contribution in [1.82, 2.24) is 9.80 Å². The van der Waals surface area contributed by atoms with Gasteiger partial charge in [0.15, 0.2) is 0 Å². The second kappa shape index (κ2) is 6.36. The summed E-state index contributed by atoms with van der Waals surface area (Å²) < 4.78 is 0. The van der Waals surface area contributed by atoms with E-state index in [9.17, 15) is 4.79 Å². The Labute approximate surface area is 104 Å². The van der Waals surface area contributed by atoms with E-state index in [2.05, 4.69) is 4.90 Å². The van der Waals surface area contributed by atoms with Crippen molar-refractivity contribution in [3.63, 3.8) is 0 Å². The first-order valence-corrected chi connectivity index (χ1v) is 6.90. The Morgan fingerprint density at radius 3 is 2.29 bits per heavy atom. The zero-order valence-corrected chi connectivity index (χ0v) is 10.6. The van der Waals surface area contributed by atoms with Crippen LogP contribution in [-0.4, -0.2) is 60.1 Å². The second-order valence-corrected chi connectivity index (χ2v) is 5.34. The van der Waals surface area contributed by atoms with E-state index in [4.69, 9.17) is 5.11 Å². The van der Waals surface area contributed by atoms with Crippen molar-refractivity contribution in [2.45, 2.75) is 32.1 Å². The van der Waals surface area contributed by atoms with E-state index >= 15 is 0 Å². The number of rotatable bonds is 3. The monoisotopic (exact) mass is 240 g/mol. The molecule has 0 atom stereocenters. The third-order valence-corrected chi connectivity index (χ3v) is 4.03. The molecule has 2 aliphatic heterocycles. The predicted octanol–water partition coefficient (Wildman–Crippen LogP) is 0.703. The smallest absolute Gasteiger partial charge is 0.236 e. The van der Waals surface area contributed by atoms with Gasteiger partial charge in [-0.3, -0.25) is 9.69 Å².